The highest BCUT2D eigenvalue weighted by Gasteiger charge is 2.20. The largest absolute Gasteiger partial charge is 0.480 e. The second-order valence-corrected chi connectivity index (χ2v) is 4.25. The van der Waals surface area contributed by atoms with Gasteiger partial charge in [0.25, 0.3) is 0 Å². The quantitative estimate of drug-likeness (QED) is 0.828. The number of nitrogens with zero attached hydrogens (tertiary/aromatic N) is 2. The lowest BCUT2D eigenvalue weighted by atomic mass is 10.0. The molecule has 2 rings (SSSR count). The van der Waals surface area contributed by atoms with Gasteiger partial charge in [-0.1, -0.05) is 12.8 Å². The first-order valence-electron chi connectivity index (χ1n) is 5.45. The minimum absolute atomic E-state index is 0.569. The summed E-state index contributed by atoms with van der Waals surface area (Å²) in [5.74, 6) is -0.240. The van der Waals surface area contributed by atoms with Crippen LogP contribution in [0.5, 0.6) is 0 Å². The van der Waals surface area contributed by atoms with Gasteiger partial charge in [0.05, 0.1) is 6.20 Å². The monoisotopic (exact) mass is 208 g/mol. The molecule has 82 valence electrons. The van der Waals surface area contributed by atoms with E-state index in [0.717, 1.165) is 0 Å². The summed E-state index contributed by atoms with van der Waals surface area (Å²) in [6.07, 6.45) is 8.69. The summed E-state index contributed by atoms with van der Waals surface area (Å²) in [5.41, 5.74) is 1.20. The second-order valence-electron chi connectivity index (χ2n) is 4.25. The molecule has 0 radical (unpaired) electrons. The first-order valence-corrected chi connectivity index (χ1v) is 5.45. The van der Waals surface area contributed by atoms with E-state index in [9.17, 15) is 4.79 Å². The van der Waals surface area contributed by atoms with Gasteiger partial charge in [0, 0.05) is 6.20 Å². The molecule has 0 aliphatic heterocycles. The predicted molar refractivity (Wildman–Crippen MR) is 55.8 cm³/mol. The van der Waals surface area contributed by atoms with Crippen molar-refractivity contribution in [3.63, 3.8) is 0 Å². The van der Waals surface area contributed by atoms with E-state index in [1.807, 2.05) is 12.4 Å². The third-order valence-electron chi connectivity index (χ3n) is 3.20. The lowest BCUT2D eigenvalue weighted by Crippen LogP contribution is -2.15. The van der Waals surface area contributed by atoms with Gasteiger partial charge in [-0.3, -0.25) is 4.68 Å². The molecule has 1 saturated carbocycles. The molecular weight excluding hydrogens is 192 g/mol. The van der Waals surface area contributed by atoms with Crippen LogP contribution in [0.15, 0.2) is 12.4 Å². The first-order chi connectivity index (χ1) is 7.18. The van der Waals surface area contributed by atoms with E-state index in [1.54, 1.807) is 6.92 Å². The van der Waals surface area contributed by atoms with Crippen LogP contribution in [0.3, 0.4) is 0 Å². The van der Waals surface area contributed by atoms with E-state index in [4.69, 9.17) is 5.11 Å². The van der Waals surface area contributed by atoms with Crippen molar-refractivity contribution < 1.29 is 9.90 Å². The van der Waals surface area contributed by atoms with Gasteiger partial charge in [-0.15, -0.1) is 0 Å². The van der Waals surface area contributed by atoms with E-state index in [2.05, 4.69) is 5.10 Å². The Morgan fingerprint density at radius 3 is 2.87 bits per heavy atom. The number of carbonyl (C=O) groups is 1. The van der Waals surface area contributed by atoms with Crippen LogP contribution in [0, 0.1) is 0 Å². The summed E-state index contributed by atoms with van der Waals surface area (Å²) in [5, 5.41) is 13.0. The number of aliphatic carboxylic acids is 1. The Bertz CT molecular complexity index is 353. The molecule has 1 N–H and O–H groups in total. The summed E-state index contributed by atoms with van der Waals surface area (Å²) >= 11 is 0. The fraction of sp³-hybridized carbons (Fsp3) is 0.636. The van der Waals surface area contributed by atoms with Gasteiger partial charge in [-0.2, -0.15) is 5.10 Å². The molecule has 0 bridgehead atoms. The Morgan fingerprint density at radius 1 is 1.60 bits per heavy atom. The average molecular weight is 208 g/mol. The molecule has 4 nitrogen and oxygen atoms in total. The molecule has 0 amide bonds. The van der Waals surface area contributed by atoms with Crippen LogP contribution in [0.25, 0.3) is 0 Å². The van der Waals surface area contributed by atoms with Crippen LogP contribution in [0.2, 0.25) is 0 Å². The molecule has 4 heteroatoms. The number of rotatable bonds is 3. The summed E-state index contributed by atoms with van der Waals surface area (Å²) in [4.78, 5) is 10.8. The highest BCUT2D eigenvalue weighted by Crippen LogP contribution is 2.33. The predicted octanol–water partition coefficient (Wildman–Crippen LogP) is 2.19. The molecule has 0 aromatic carbocycles. The summed E-state index contributed by atoms with van der Waals surface area (Å²) in [7, 11) is 0. The van der Waals surface area contributed by atoms with Crippen LogP contribution >= 0.6 is 0 Å². The zero-order chi connectivity index (χ0) is 10.8. The lowest BCUT2D eigenvalue weighted by Gasteiger charge is -2.07. The molecule has 0 saturated heterocycles. The van der Waals surface area contributed by atoms with Crippen LogP contribution in [0.4, 0.5) is 0 Å². The van der Waals surface area contributed by atoms with E-state index in [-0.39, 0.29) is 0 Å². The summed E-state index contributed by atoms with van der Waals surface area (Å²) in [6.45, 7) is 1.65. The van der Waals surface area contributed by atoms with Gasteiger partial charge in [0.2, 0.25) is 0 Å². The number of hydrogen-bond acceptors (Lipinski definition) is 2. The molecular formula is C11H16N2O2. The Hall–Kier alpha value is -1.32. The topological polar surface area (TPSA) is 55.1 Å². The molecule has 0 spiro atoms. The smallest absolute Gasteiger partial charge is 0.328 e. The average Bonchev–Trinajstić information content (AvgIpc) is 2.86. The Morgan fingerprint density at radius 2 is 2.27 bits per heavy atom. The lowest BCUT2D eigenvalue weighted by molar-refractivity contribution is -0.140. The van der Waals surface area contributed by atoms with Gasteiger partial charge < -0.3 is 5.11 Å². The van der Waals surface area contributed by atoms with E-state index in [1.165, 1.54) is 35.9 Å². The maximum atomic E-state index is 10.8. The number of hydrogen-bond donors (Lipinski definition) is 1. The normalized spacial score (nSPS) is 19.3. The highest BCUT2D eigenvalue weighted by molar-refractivity contribution is 5.71. The van der Waals surface area contributed by atoms with Crippen LogP contribution in [-0.4, -0.2) is 20.9 Å². The number of aromatic nitrogens is 2. The number of carboxylic acids is 1. The van der Waals surface area contributed by atoms with Crippen molar-refractivity contribution in [1.82, 2.24) is 9.78 Å². The zero-order valence-electron chi connectivity index (χ0n) is 8.89. The van der Waals surface area contributed by atoms with Crippen molar-refractivity contribution in [3.8, 4) is 0 Å². The SMILES string of the molecule is CC(C(=O)O)n1cc(C2CCCC2)cn1. The third-order valence-corrected chi connectivity index (χ3v) is 3.20. The fourth-order valence-corrected chi connectivity index (χ4v) is 2.15. The third kappa shape index (κ3) is 2.03. The minimum atomic E-state index is -0.837. The first kappa shape index (κ1) is 10.2. The standard InChI is InChI=1S/C11H16N2O2/c1-8(11(14)15)13-7-10(6-12-13)9-4-2-3-5-9/h6-9H,2-5H2,1H3,(H,14,15). The highest BCUT2D eigenvalue weighted by atomic mass is 16.4. The molecule has 1 aliphatic rings. The van der Waals surface area contributed by atoms with Crippen molar-refractivity contribution >= 4 is 5.97 Å². The van der Waals surface area contributed by atoms with Crippen molar-refractivity contribution in [2.24, 2.45) is 0 Å². The van der Waals surface area contributed by atoms with Crippen LogP contribution in [0.1, 0.15) is 50.1 Å². The van der Waals surface area contributed by atoms with Crippen molar-refractivity contribution in [2.45, 2.75) is 44.6 Å². The van der Waals surface area contributed by atoms with Crippen molar-refractivity contribution in [3.05, 3.63) is 18.0 Å². The molecule has 1 fully saturated rings. The molecule has 1 heterocycles. The van der Waals surface area contributed by atoms with E-state index in [0.29, 0.717) is 5.92 Å². The van der Waals surface area contributed by atoms with Crippen LogP contribution in [-0.2, 0) is 4.79 Å². The van der Waals surface area contributed by atoms with Gasteiger partial charge in [0.15, 0.2) is 0 Å². The van der Waals surface area contributed by atoms with Gasteiger partial charge in [0.1, 0.15) is 6.04 Å². The molecule has 1 unspecified atom stereocenters. The molecule has 1 aromatic heterocycles. The molecule has 1 aliphatic carbocycles. The number of carboxylic acid groups (broad SMARTS) is 1. The van der Waals surface area contributed by atoms with Gasteiger partial charge in [-0.05, 0) is 31.2 Å². The summed E-state index contributed by atoms with van der Waals surface area (Å²) in [6, 6.07) is -0.569. The Kier molecular flexibility index (Phi) is 2.75. The van der Waals surface area contributed by atoms with Crippen LogP contribution < -0.4 is 0 Å². The van der Waals surface area contributed by atoms with Gasteiger partial charge >= 0.3 is 5.97 Å². The minimum Gasteiger partial charge on any atom is -0.480 e. The molecule has 15 heavy (non-hydrogen) atoms. The van der Waals surface area contributed by atoms with Crippen molar-refractivity contribution in [1.29, 1.82) is 0 Å². The maximum Gasteiger partial charge on any atom is 0.328 e. The van der Waals surface area contributed by atoms with Crippen molar-refractivity contribution in [2.75, 3.05) is 0 Å². The second kappa shape index (κ2) is 4.04. The maximum absolute atomic E-state index is 10.8. The zero-order valence-corrected chi connectivity index (χ0v) is 8.89. The molecule has 1 aromatic rings. The fourth-order valence-electron chi connectivity index (χ4n) is 2.15. The Balaban J connectivity index is 2.12. The van der Waals surface area contributed by atoms with E-state index < -0.39 is 12.0 Å². The Labute approximate surface area is 88.9 Å². The molecule has 1 atom stereocenters. The summed E-state index contributed by atoms with van der Waals surface area (Å²) < 4.78 is 1.54. The van der Waals surface area contributed by atoms with Gasteiger partial charge in [-0.25, -0.2) is 4.79 Å². The van der Waals surface area contributed by atoms with E-state index >= 15 is 0 Å².